The molecule has 0 saturated heterocycles. The van der Waals surface area contributed by atoms with Crippen LogP contribution in [0, 0.1) is 5.82 Å². The number of anilines is 3. The highest BCUT2D eigenvalue weighted by atomic mass is 19.1. The van der Waals surface area contributed by atoms with Gasteiger partial charge in [-0.3, -0.25) is 0 Å². The number of para-hydroxylation sites is 1. The number of nitrogen functional groups attached to an aromatic ring is 2. The lowest BCUT2D eigenvalue weighted by Crippen LogP contribution is -2.04. The number of halogens is 1. The van der Waals surface area contributed by atoms with Gasteiger partial charge in [0.15, 0.2) is 0 Å². The van der Waals surface area contributed by atoms with Crippen LogP contribution in [-0.4, -0.2) is 0 Å². The molecular formula is C13H14FN3. The second kappa shape index (κ2) is 4.74. The largest absolute Gasteiger partial charge is 0.399 e. The van der Waals surface area contributed by atoms with Crippen LogP contribution in [-0.2, 0) is 6.54 Å². The highest BCUT2D eigenvalue weighted by molar-refractivity contribution is 5.56. The van der Waals surface area contributed by atoms with Crippen molar-refractivity contribution in [2.75, 3.05) is 16.8 Å². The fourth-order valence-corrected chi connectivity index (χ4v) is 1.56. The van der Waals surface area contributed by atoms with Crippen LogP contribution in [0.5, 0.6) is 0 Å². The first kappa shape index (κ1) is 11.3. The molecule has 0 atom stereocenters. The molecule has 4 heteroatoms. The zero-order chi connectivity index (χ0) is 12.3. The molecule has 2 rings (SSSR count). The molecule has 5 N–H and O–H groups in total. The second-order valence-electron chi connectivity index (χ2n) is 3.79. The van der Waals surface area contributed by atoms with Gasteiger partial charge in [-0.1, -0.05) is 18.2 Å². The molecule has 0 aromatic heterocycles. The summed E-state index contributed by atoms with van der Waals surface area (Å²) in [4.78, 5) is 0. The van der Waals surface area contributed by atoms with Gasteiger partial charge in [0.2, 0.25) is 0 Å². The fraction of sp³-hybridized carbons (Fsp3) is 0.0769. The molecule has 17 heavy (non-hydrogen) atoms. The molecule has 2 aromatic rings. The summed E-state index contributed by atoms with van der Waals surface area (Å²) >= 11 is 0. The number of nitrogens with one attached hydrogen (secondary N) is 1. The van der Waals surface area contributed by atoms with Gasteiger partial charge in [-0.05, 0) is 29.8 Å². The summed E-state index contributed by atoms with van der Waals surface area (Å²) in [5.74, 6) is -0.325. The predicted octanol–water partition coefficient (Wildman–Crippen LogP) is 2.60. The Kier molecular flexibility index (Phi) is 3.14. The number of nitrogens with two attached hydrogens (primary N) is 2. The average molecular weight is 231 g/mol. The predicted molar refractivity (Wildman–Crippen MR) is 69.0 cm³/mol. The fourth-order valence-electron chi connectivity index (χ4n) is 1.56. The van der Waals surface area contributed by atoms with Gasteiger partial charge >= 0.3 is 0 Å². The Bertz CT molecular complexity index is 526. The van der Waals surface area contributed by atoms with Crippen LogP contribution >= 0.6 is 0 Å². The van der Waals surface area contributed by atoms with Crippen LogP contribution in [0.4, 0.5) is 21.5 Å². The molecular weight excluding hydrogens is 217 g/mol. The number of benzene rings is 2. The van der Waals surface area contributed by atoms with Gasteiger partial charge in [0.05, 0.1) is 5.69 Å². The Morgan fingerprint density at radius 1 is 1.06 bits per heavy atom. The SMILES string of the molecule is Nc1ccc(F)c(NCc2ccccc2N)c1. The molecule has 0 aliphatic carbocycles. The van der Waals surface area contributed by atoms with Crippen LogP contribution < -0.4 is 16.8 Å². The van der Waals surface area contributed by atoms with Crippen molar-refractivity contribution in [2.45, 2.75) is 6.54 Å². The van der Waals surface area contributed by atoms with E-state index in [4.69, 9.17) is 11.5 Å². The van der Waals surface area contributed by atoms with Crippen LogP contribution in [0.1, 0.15) is 5.56 Å². The summed E-state index contributed by atoms with van der Waals surface area (Å²) in [6.45, 7) is 0.465. The molecule has 0 bridgehead atoms. The topological polar surface area (TPSA) is 64.1 Å². The lowest BCUT2D eigenvalue weighted by Gasteiger charge is -2.10. The van der Waals surface area contributed by atoms with E-state index >= 15 is 0 Å². The number of rotatable bonds is 3. The first-order valence-electron chi connectivity index (χ1n) is 5.29. The molecule has 0 amide bonds. The molecule has 0 fully saturated rings. The number of hydrogen-bond acceptors (Lipinski definition) is 3. The Morgan fingerprint density at radius 2 is 1.82 bits per heavy atom. The molecule has 2 aromatic carbocycles. The van der Waals surface area contributed by atoms with Crippen molar-refractivity contribution >= 4 is 17.1 Å². The van der Waals surface area contributed by atoms with Crippen molar-refractivity contribution in [3.8, 4) is 0 Å². The molecule has 0 aliphatic rings. The molecule has 0 radical (unpaired) electrons. The summed E-state index contributed by atoms with van der Waals surface area (Å²) in [5, 5.41) is 2.98. The van der Waals surface area contributed by atoms with Crippen molar-refractivity contribution in [3.63, 3.8) is 0 Å². The van der Waals surface area contributed by atoms with E-state index in [1.54, 1.807) is 6.07 Å². The van der Waals surface area contributed by atoms with Crippen molar-refractivity contribution in [3.05, 3.63) is 53.8 Å². The standard InChI is InChI=1S/C13H14FN3/c14-11-6-5-10(15)7-13(11)17-8-9-3-1-2-4-12(9)16/h1-7,17H,8,15-16H2. The van der Waals surface area contributed by atoms with Gasteiger partial charge in [-0.2, -0.15) is 0 Å². The van der Waals surface area contributed by atoms with Gasteiger partial charge in [-0.25, -0.2) is 4.39 Å². The summed E-state index contributed by atoms with van der Waals surface area (Å²) in [7, 11) is 0. The molecule has 3 nitrogen and oxygen atoms in total. The van der Waals surface area contributed by atoms with Crippen molar-refractivity contribution in [1.29, 1.82) is 0 Å². The van der Waals surface area contributed by atoms with Crippen LogP contribution in [0.25, 0.3) is 0 Å². The summed E-state index contributed by atoms with van der Waals surface area (Å²) in [5.41, 5.74) is 13.9. The van der Waals surface area contributed by atoms with E-state index in [9.17, 15) is 4.39 Å². The normalized spacial score (nSPS) is 10.2. The minimum atomic E-state index is -0.325. The van der Waals surface area contributed by atoms with Crippen LogP contribution in [0.2, 0.25) is 0 Å². The van der Waals surface area contributed by atoms with E-state index in [2.05, 4.69) is 5.32 Å². The monoisotopic (exact) mass is 231 g/mol. The van der Waals surface area contributed by atoms with E-state index in [1.807, 2.05) is 24.3 Å². The zero-order valence-corrected chi connectivity index (χ0v) is 9.28. The highest BCUT2D eigenvalue weighted by Gasteiger charge is 2.03. The maximum atomic E-state index is 13.4. The van der Waals surface area contributed by atoms with Crippen molar-refractivity contribution in [2.24, 2.45) is 0 Å². The minimum absolute atomic E-state index is 0.325. The second-order valence-corrected chi connectivity index (χ2v) is 3.79. The first-order valence-corrected chi connectivity index (χ1v) is 5.29. The molecule has 0 aliphatic heterocycles. The van der Waals surface area contributed by atoms with E-state index in [0.29, 0.717) is 23.6 Å². The molecule has 0 unspecified atom stereocenters. The lowest BCUT2D eigenvalue weighted by molar-refractivity contribution is 0.630. The van der Waals surface area contributed by atoms with Crippen molar-refractivity contribution < 1.29 is 4.39 Å². The zero-order valence-electron chi connectivity index (χ0n) is 9.28. The molecule has 0 spiro atoms. The molecule has 0 saturated carbocycles. The van der Waals surface area contributed by atoms with Gasteiger partial charge in [-0.15, -0.1) is 0 Å². The lowest BCUT2D eigenvalue weighted by atomic mass is 10.2. The third kappa shape index (κ3) is 2.66. The Hall–Kier alpha value is -2.23. The van der Waals surface area contributed by atoms with E-state index in [-0.39, 0.29) is 5.82 Å². The minimum Gasteiger partial charge on any atom is -0.399 e. The Labute approximate surface area is 99.2 Å². The summed E-state index contributed by atoms with van der Waals surface area (Å²) in [6.07, 6.45) is 0. The average Bonchev–Trinajstić information content (AvgIpc) is 2.32. The van der Waals surface area contributed by atoms with Gasteiger partial charge in [0.1, 0.15) is 5.82 Å². The third-order valence-electron chi connectivity index (χ3n) is 2.51. The maximum absolute atomic E-state index is 13.4. The van der Waals surface area contributed by atoms with Crippen molar-refractivity contribution in [1.82, 2.24) is 0 Å². The Balaban J connectivity index is 2.12. The van der Waals surface area contributed by atoms with Crippen LogP contribution in [0.3, 0.4) is 0 Å². The van der Waals surface area contributed by atoms with E-state index in [1.165, 1.54) is 12.1 Å². The smallest absolute Gasteiger partial charge is 0.146 e. The number of hydrogen-bond donors (Lipinski definition) is 3. The molecule has 0 heterocycles. The summed E-state index contributed by atoms with van der Waals surface area (Å²) < 4.78 is 13.4. The quantitative estimate of drug-likeness (QED) is 0.711. The van der Waals surface area contributed by atoms with Gasteiger partial charge in [0, 0.05) is 17.9 Å². The third-order valence-corrected chi connectivity index (χ3v) is 2.51. The highest BCUT2D eigenvalue weighted by Crippen LogP contribution is 2.19. The Morgan fingerprint density at radius 3 is 2.59 bits per heavy atom. The van der Waals surface area contributed by atoms with Gasteiger partial charge in [0.25, 0.3) is 0 Å². The van der Waals surface area contributed by atoms with Gasteiger partial charge < -0.3 is 16.8 Å². The van der Waals surface area contributed by atoms with Crippen LogP contribution in [0.15, 0.2) is 42.5 Å². The van der Waals surface area contributed by atoms with E-state index < -0.39 is 0 Å². The first-order chi connectivity index (χ1) is 8.16. The maximum Gasteiger partial charge on any atom is 0.146 e. The molecule has 88 valence electrons. The van der Waals surface area contributed by atoms with E-state index in [0.717, 1.165) is 5.56 Å². The summed E-state index contributed by atoms with van der Waals surface area (Å²) in [6, 6.07) is 11.9.